The molecule has 0 atom stereocenters. The van der Waals surface area contributed by atoms with Crippen molar-refractivity contribution in [3.63, 3.8) is 0 Å². The number of halogens is 2. The Kier molecular flexibility index (Phi) is 2.81. The molecule has 18 heavy (non-hydrogen) atoms. The first-order chi connectivity index (χ1) is 8.72. The number of hydrogen-bond donors (Lipinski definition) is 1. The zero-order valence-electron chi connectivity index (χ0n) is 9.02. The Morgan fingerprint density at radius 3 is 2.56 bits per heavy atom. The van der Waals surface area contributed by atoms with Crippen LogP contribution < -0.4 is 5.32 Å². The van der Waals surface area contributed by atoms with Crippen LogP contribution in [0.3, 0.4) is 0 Å². The maximum atomic E-state index is 5.85. The van der Waals surface area contributed by atoms with E-state index in [1.807, 2.05) is 12.1 Å². The first-order valence-electron chi connectivity index (χ1n) is 5.16. The van der Waals surface area contributed by atoms with E-state index in [1.165, 1.54) is 0 Å². The highest BCUT2D eigenvalue weighted by Gasteiger charge is 2.09. The lowest BCUT2D eigenvalue weighted by atomic mass is 10.3. The molecule has 0 saturated carbocycles. The van der Waals surface area contributed by atoms with Crippen LogP contribution in [-0.4, -0.2) is 9.97 Å². The second-order valence-corrected chi connectivity index (χ2v) is 4.38. The normalized spacial score (nSPS) is 10.8. The molecule has 0 radical (unpaired) electrons. The van der Waals surface area contributed by atoms with Crippen LogP contribution in [0.4, 0.5) is 11.5 Å². The Morgan fingerprint density at radius 2 is 1.78 bits per heavy atom. The lowest BCUT2D eigenvalue weighted by Crippen LogP contribution is -1.95. The van der Waals surface area contributed by atoms with Gasteiger partial charge in [0.05, 0.1) is 6.26 Å². The molecule has 0 bridgehead atoms. The third-order valence-corrected chi connectivity index (χ3v) is 2.80. The largest absolute Gasteiger partial charge is 0.459 e. The fourth-order valence-corrected chi connectivity index (χ4v) is 1.89. The van der Waals surface area contributed by atoms with Crippen LogP contribution in [0.5, 0.6) is 0 Å². The number of aromatic nitrogens is 2. The summed E-state index contributed by atoms with van der Waals surface area (Å²) >= 11 is 11.7. The Balaban J connectivity index is 2.03. The van der Waals surface area contributed by atoms with E-state index >= 15 is 0 Å². The van der Waals surface area contributed by atoms with E-state index in [4.69, 9.17) is 27.6 Å². The summed E-state index contributed by atoms with van der Waals surface area (Å²) in [6, 6.07) is 8.98. The van der Waals surface area contributed by atoms with Gasteiger partial charge in [-0.25, -0.2) is 4.98 Å². The molecule has 2 heterocycles. The van der Waals surface area contributed by atoms with Gasteiger partial charge in [-0.2, -0.15) is 4.98 Å². The van der Waals surface area contributed by atoms with Gasteiger partial charge < -0.3 is 9.73 Å². The van der Waals surface area contributed by atoms with Gasteiger partial charge in [0.2, 0.25) is 5.28 Å². The van der Waals surface area contributed by atoms with Crippen LogP contribution in [0.2, 0.25) is 10.3 Å². The van der Waals surface area contributed by atoms with E-state index < -0.39 is 0 Å². The number of benzene rings is 1. The Morgan fingerprint density at radius 1 is 1.00 bits per heavy atom. The number of nitrogens with one attached hydrogen (secondary N) is 1. The number of hydrogen-bond acceptors (Lipinski definition) is 4. The molecule has 0 spiro atoms. The van der Waals surface area contributed by atoms with Crippen molar-refractivity contribution in [1.82, 2.24) is 9.97 Å². The Hall–Kier alpha value is -1.78. The van der Waals surface area contributed by atoms with E-state index in [1.54, 1.807) is 24.5 Å². The van der Waals surface area contributed by atoms with Crippen molar-refractivity contribution in [1.29, 1.82) is 0 Å². The summed E-state index contributed by atoms with van der Waals surface area (Å²) in [6.07, 6.45) is 1.54. The van der Waals surface area contributed by atoms with E-state index in [9.17, 15) is 0 Å². The van der Waals surface area contributed by atoms with Gasteiger partial charge in [-0.1, -0.05) is 11.6 Å². The quantitative estimate of drug-likeness (QED) is 0.712. The molecule has 1 N–H and O–H groups in total. The van der Waals surface area contributed by atoms with Gasteiger partial charge >= 0.3 is 0 Å². The van der Waals surface area contributed by atoms with E-state index in [0.29, 0.717) is 21.9 Å². The molecule has 0 amide bonds. The summed E-state index contributed by atoms with van der Waals surface area (Å²) in [6.45, 7) is 0. The molecule has 1 aromatic carbocycles. The number of rotatable bonds is 2. The van der Waals surface area contributed by atoms with Gasteiger partial charge in [-0.3, -0.25) is 0 Å². The topological polar surface area (TPSA) is 51.0 Å². The number of anilines is 2. The number of nitrogens with zero attached hydrogens (tertiary/aromatic N) is 2. The van der Waals surface area contributed by atoms with Gasteiger partial charge in [0.15, 0.2) is 11.4 Å². The smallest absolute Gasteiger partial charge is 0.225 e. The SMILES string of the molecule is Clc1ccc(Nc2nc(Cl)nc3ccoc23)cc1. The first-order valence-corrected chi connectivity index (χ1v) is 5.91. The van der Waals surface area contributed by atoms with Crippen molar-refractivity contribution in [3.8, 4) is 0 Å². The minimum absolute atomic E-state index is 0.167. The summed E-state index contributed by atoms with van der Waals surface area (Å²) in [5, 5.41) is 3.95. The van der Waals surface area contributed by atoms with Gasteiger partial charge in [-0.05, 0) is 35.9 Å². The second kappa shape index (κ2) is 4.48. The molecule has 0 aliphatic carbocycles. The molecule has 6 heteroatoms. The summed E-state index contributed by atoms with van der Waals surface area (Å²) in [5.41, 5.74) is 2.06. The molecular formula is C12H7Cl2N3O. The second-order valence-electron chi connectivity index (χ2n) is 3.61. The lowest BCUT2D eigenvalue weighted by molar-refractivity contribution is 0.615. The van der Waals surface area contributed by atoms with Gasteiger partial charge in [0.1, 0.15) is 5.52 Å². The monoisotopic (exact) mass is 279 g/mol. The van der Waals surface area contributed by atoms with Crippen LogP contribution in [-0.2, 0) is 0 Å². The molecule has 0 unspecified atom stereocenters. The van der Waals surface area contributed by atoms with Crippen LogP contribution in [0.25, 0.3) is 11.1 Å². The number of furan rings is 1. The van der Waals surface area contributed by atoms with Gasteiger partial charge in [0.25, 0.3) is 0 Å². The molecule has 3 aromatic rings. The fraction of sp³-hybridized carbons (Fsp3) is 0. The van der Waals surface area contributed by atoms with Crippen molar-refractivity contribution in [2.75, 3.05) is 5.32 Å². The summed E-state index contributed by atoms with van der Waals surface area (Å²) in [7, 11) is 0. The Bertz CT molecular complexity index is 694. The van der Waals surface area contributed by atoms with Gasteiger partial charge in [-0.15, -0.1) is 0 Å². The van der Waals surface area contributed by atoms with E-state index in [0.717, 1.165) is 5.69 Å². The van der Waals surface area contributed by atoms with Crippen molar-refractivity contribution in [3.05, 3.63) is 46.9 Å². The molecule has 90 valence electrons. The van der Waals surface area contributed by atoms with Gasteiger partial charge in [0, 0.05) is 16.8 Å². The minimum atomic E-state index is 0.167. The summed E-state index contributed by atoms with van der Waals surface area (Å²) in [5.74, 6) is 0.525. The molecule has 0 fully saturated rings. The van der Waals surface area contributed by atoms with Crippen molar-refractivity contribution >= 4 is 45.8 Å². The summed E-state index contributed by atoms with van der Waals surface area (Å²) < 4.78 is 5.33. The molecule has 0 aliphatic rings. The van der Waals surface area contributed by atoms with E-state index in [2.05, 4.69) is 15.3 Å². The van der Waals surface area contributed by atoms with Crippen LogP contribution >= 0.6 is 23.2 Å². The standard InChI is InChI=1S/C12H7Cl2N3O/c13-7-1-3-8(4-2-7)15-11-10-9(5-6-18-10)16-12(14)17-11/h1-6H,(H,15,16,17). The highest BCUT2D eigenvalue weighted by Crippen LogP contribution is 2.26. The first kappa shape index (κ1) is 11.3. The predicted octanol–water partition coefficient (Wildman–Crippen LogP) is 4.27. The van der Waals surface area contributed by atoms with Crippen LogP contribution in [0, 0.1) is 0 Å². The van der Waals surface area contributed by atoms with E-state index in [-0.39, 0.29) is 5.28 Å². The van der Waals surface area contributed by atoms with Crippen molar-refractivity contribution < 1.29 is 4.42 Å². The molecule has 0 saturated heterocycles. The van der Waals surface area contributed by atoms with Crippen LogP contribution in [0.1, 0.15) is 0 Å². The third kappa shape index (κ3) is 2.12. The third-order valence-electron chi connectivity index (χ3n) is 2.38. The average molecular weight is 280 g/mol. The molecular weight excluding hydrogens is 273 g/mol. The maximum Gasteiger partial charge on any atom is 0.225 e. The zero-order valence-corrected chi connectivity index (χ0v) is 10.5. The zero-order chi connectivity index (χ0) is 12.5. The highest BCUT2D eigenvalue weighted by molar-refractivity contribution is 6.30. The average Bonchev–Trinajstić information content (AvgIpc) is 2.80. The molecule has 3 rings (SSSR count). The minimum Gasteiger partial charge on any atom is -0.459 e. The van der Waals surface area contributed by atoms with Crippen molar-refractivity contribution in [2.45, 2.75) is 0 Å². The molecule has 2 aromatic heterocycles. The highest BCUT2D eigenvalue weighted by atomic mass is 35.5. The Labute approximate surface area is 113 Å². The molecule has 0 aliphatic heterocycles. The maximum absolute atomic E-state index is 5.85. The fourth-order valence-electron chi connectivity index (χ4n) is 1.59. The van der Waals surface area contributed by atoms with Crippen LogP contribution in [0.15, 0.2) is 41.0 Å². The van der Waals surface area contributed by atoms with Crippen molar-refractivity contribution in [2.24, 2.45) is 0 Å². The molecule has 4 nitrogen and oxygen atoms in total. The summed E-state index contributed by atoms with van der Waals surface area (Å²) in [4.78, 5) is 8.16. The lowest BCUT2D eigenvalue weighted by Gasteiger charge is -2.06. The predicted molar refractivity (Wildman–Crippen MR) is 71.5 cm³/mol. The number of fused-ring (bicyclic) bond motifs is 1.